The van der Waals surface area contributed by atoms with Gasteiger partial charge in [0.25, 0.3) is 5.91 Å². The molecule has 1 N–H and O–H groups in total. The van der Waals surface area contributed by atoms with E-state index in [2.05, 4.69) is 5.32 Å². The zero-order valence-electron chi connectivity index (χ0n) is 15.1. The highest BCUT2D eigenvalue weighted by atomic mass is 32.2. The Balaban J connectivity index is 1.72. The fourth-order valence-corrected chi connectivity index (χ4v) is 6.09. The minimum absolute atomic E-state index is 0.00633. The van der Waals surface area contributed by atoms with Gasteiger partial charge in [-0.1, -0.05) is 30.3 Å². The minimum atomic E-state index is -2.99. The highest BCUT2D eigenvalue weighted by Gasteiger charge is 2.28. The number of carbonyl (C=O) groups is 3. The largest absolute Gasteiger partial charge is 0.455 e. The van der Waals surface area contributed by atoms with Gasteiger partial charge in [-0.05, 0) is 25.3 Å². The van der Waals surface area contributed by atoms with Crippen LogP contribution >= 0.6 is 11.8 Å². The second-order valence-corrected chi connectivity index (χ2v) is 9.93. The summed E-state index contributed by atoms with van der Waals surface area (Å²) in [6.07, 6.45) is 0.891. The van der Waals surface area contributed by atoms with E-state index in [1.54, 1.807) is 0 Å². The van der Waals surface area contributed by atoms with Gasteiger partial charge in [0, 0.05) is 5.25 Å². The smallest absolute Gasteiger partial charge is 0.316 e. The molecule has 0 aliphatic carbocycles. The van der Waals surface area contributed by atoms with Crippen LogP contribution in [0.2, 0.25) is 0 Å². The summed E-state index contributed by atoms with van der Waals surface area (Å²) in [6, 6.07) is 8.61. The first-order valence-electron chi connectivity index (χ1n) is 8.56. The first-order valence-corrected chi connectivity index (χ1v) is 11.4. The zero-order valence-corrected chi connectivity index (χ0v) is 16.7. The van der Waals surface area contributed by atoms with Crippen molar-refractivity contribution in [2.75, 3.05) is 23.9 Å². The molecule has 0 saturated carbocycles. The number of ketones is 1. The number of benzene rings is 1. The van der Waals surface area contributed by atoms with Crippen molar-refractivity contribution in [2.24, 2.45) is 0 Å². The predicted octanol–water partition coefficient (Wildman–Crippen LogP) is 0.766. The number of nitrogens with one attached hydrogen (secondary N) is 1. The topological polar surface area (TPSA) is 107 Å². The molecule has 27 heavy (non-hydrogen) atoms. The number of sulfone groups is 1. The summed E-state index contributed by atoms with van der Waals surface area (Å²) >= 11 is 1.23. The average Bonchev–Trinajstić information content (AvgIpc) is 2.97. The lowest BCUT2D eigenvalue weighted by Gasteiger charge is -2.16. The molecule has 1 aromatic carbocycles. The number of hydrogen-bond acceptors (Lipinski definition) is 7. The van der Waals surface area contributed by atoms with Gasteiger partial charge >= 0.3 is 5.97 Å². The molecule has 0 aromatic heterocycles. The Kier molecular flexibility index (Phi) is 7.85. The lowest BCUT2D eigenvalue weighted by atomic mass is 10.0. The summed E-state index contributed by atoms with van der Waals surface area (Å²) in [4.78, 5) is 35.5. The van der Waals surface area contributed by atoms with Crippen LogP contribution in [0.1, 0.15) is 18.9 Å². The molecule has 0 radical (unpaired) electrons. The maximum Gasteiger partial charge on any atom is 0.316 e. The van der Waals surface area contributed by atoms with Gasteiger partial charge in [-0.3, -0.25) is 14.4 Å². The van der Waals surface area contributed by atoms with Crippen molar-refractivity contribution >= 4 is 39.3 Å². The van der Waals surface area contributed by atoms with Crippen LogP contribution in [0.4, 0.5) is 0 Å². The third kappa shape index (κ3) is 7.72. The monoisotopic (exact) mass is 413 g/mol. The van der Waals surface area contributed by atoms with Crippen LogP contribution in [0.15, 0.2) is 30.3 Å². The Labute approximate surface area is 163 Å². The summed E-state index contributed by atoms with van der Waals surface area (Å²) in [5.74, 6) is -1.10. The van der Waals surface area contributed by atoms with Crippen LogP contribution in [0.3, 0.4) is 0 Å². The van der Waals surface area contributed by atoms with E-state index in [0.29, 0.717) is 12.8 Å². The van der Waals surface area contributed by atoms with Crippen molar-refractivity contribution in [3.63, 3.8) is 0 Å². The van der Waals surface area contributed by atoms with Crippen molar-refractivity contribution in [3.8, 4) is 0 Å². The van der Waals surface area contributed by atoms with E-state index in [0.717, 1.165) is 5.56 Å². The Morgan fingerprint density at radius 1 is 1.26 bits per heavy atom. The van der Waals surface area contributed by atoms with E-state index in [1.165, 1.54) is 18.7 Å². The van der Waals surface area contributed by atoms with Gasteiger partial charge in [0.05, 0.1) is 23.3 Å². The van der Waals surface area contributed by atoms with Crippen LogP contribution in [0.5, 0.6) is 0 Å². The van der Waals surface area contributed by atoms with Gasteiger partial charge in [-0.25, -0.2) is 8.42 Å². The average molecular weight is 414 g/mol. The summed E-state index contributed by atoms with van der Waals surface area (Å²) in [6.45, 7) is 0.924. The number of esters is 1. The Morgan fingerprint density at radius 2 is 1.96 bits per heavy atom. The van der Waals surface area contributed by atoms with Gasteiger partial charge in [0.1, 0.15) is 0 Å². The minimum Gasteiger partial charge on any atom is -0.455 e. The molecule has 0 unspecified atom stereocenters. The standard InChI is InChI=1S/C18H23NO6S2/c1-13(20)16(9-14-5-3-2-4-6-14)19-17(21)10-25-18(22)11-26-15-7-8-27(23,24)12-15/h2-6,15-16H,7-12H2,1H3,(H,19,21)/t15-,16-/m0/s1. The molecular formula is C18H23NO6S2. The van der Waals surface area contributed by atoms with Crippen molar-refractivity contribution < 1.29 is 27.5 Å². The second-order valence-electron chi connectivity index (χ2n) is 6.42. The first kappa shape index (κ1) is 21.4. The fourth-order valence-electron chi connectivity index (χ4n) is 2.65. The quantitative estimate of drug-likeness (QED) is 0.596. The molecule has 1 aliphatic rings. The van der Waals surface area contributed by atoms with Gasteiger partial charge in [-0.2, -0.15) is 0 Å². The molecule has 7 nitrogen and oxygen atoms in total. The molecule has 0 bridgehead atoms. The van der Waals surface area contributed by atoms with Crippen molar-refractivity contribution in [1.29, 1.82) is 0 Å². The molecule has 1 saturated heterocycles. The van der Waals surface area contributed by atoms with Crippen molar-refractivity contribution in [2.45, 2.75) is 31.1 Å². The Bertz CT molecular complexity index is 778. The lowest BCUT2D eigenvalue weighted by Crippen LogP contribution is -2.43. The van der Waals surface area contributed by atoms with Crippen LogP contribution < -0.4 is 5.32 Å². The third-order valence-corrected chi connectivity index (χ3v) is 7.36. The second kappa shape index (κ2) is 9.89. The van der Waals surface area contributed by atoms with Crippen molar-refractivity contribution in [1.82, 2.24) is 5.32 Å². The molecule has 2 rings (SSSR count). The number of rotatable bonds is 9. The maximum atomic E-state index is 12.0. The normalized spacial score (nSPS) is 19.2. The molecular weight excluding hydrogens is 390 g/mol. The Morgan fingerprint density at radius 3 is 2.56 bits per heavy atom. The SMILES string of the molecule is CC(=O)[C@H](Cc1ccccc1)NC(=O)COC(=O)CS[C@H]1CCS(=O)(=O)C1. The number of Topliss-reactive ketones (excluding diaryl/α,β-unsaturated/α-hetero) is 1. The zero-order chi connectivity index (χ0) is 19.9. The highest BCUT2D eigenvalue weighted by Crippen LogP contribution is 2.24. The summed E-state index contributed by atoms with van der Waals surface area (Å²) in [5, 5.41) is 2.47. The van der Waals surface area contributed by atoms with Gasteiger partial charge < -0.3 is 10.1 Å². The molecule has 1 heterocycles. The highest BCUT2D eigenvalue weighted by molar-refractivity contribution is 8.02. The number of ether oxygens (including phenoxy) is 1. The van der Waals surface area contributed by atoms with Gasteiger partial charge in [-0.15, -0.1) is 11.8 Å². The summed E-state index contributed by atoms with van der Waals surface area (Å²) in [5.41, 5.74) is 0.915. The molecule has 9 heteroatoms. The molecule has 1 aliphatic heterocycles. The van der Waals surface area contributed by atoms with E-state index in [-0.39, 0.29) is 28.3 Å². The number of hydrogen-bond donors (Lipinski definition) is 1. The number of thioether (sulfide) groups is 1. The van der Waals surface area contributed by atoms with Crippen LogP contribution in [0.25, 0.3) is 0 Å². The summed E-state index contributed by atoms with van der Waals surface area (Å²) < 4.78 is 27.7. The lowest BCUT2D eigenvalue weighted by molar-refractivity contribution is -0.146. The van der Waals surface area contributed by atoms with Crippen LogP contribution in [-0.4, -0.2) is 61.2 Å². The molecule has 1 aromatic rings. The van der Waals surface area contributed by atoms with Gasteiger partial charge in [0.2, 0.25) is 0 Å². The van der Waals surface area contributed by atoms with Gasteiger partial charge in [0.15, 0.2) is 22.2 Å². The molecule has 2 atom stereocenters. The van der Waals surface area contributed by atoms with E-state index < -0.39 is 34.4 Å². The van der Waals surface area contributed by atoms with E-state index in [1.807, 2.05) is 30.3 Å². The van der Waals surface area contributed by atoms with E-state index >= 15 is 0 Å². The first-order chi connectivity index (χ1) is 12.7. The molecule has 148 valence electrons. The molecule has 0 spiro atoms. The van der Waals surface area contributed by atoms with E-state index in [9.17, 15) is 22.8 Å². The summed E-state index contributed by atoms with van der Waals surface area (Å²) in [7, 11) is -2.99. The molecule has 1 fully saturated rings. The molecule has 1 amide bonds. The predicted molar refractivity (Wildman–Crippen MR) is 103 cm³/mol. The fraction of sp³-hybridized carbons (Fsp3) is 0.500. The third-order valence-electron chi connectivity index (χ3n) is 4.10. The number of amides is 1. The van der Waals surface area contributed by atoms with E-state index in [4.69, 9.17) is 4.74 Å². The Hall–Kier alpha value is -1.87. The van der Waals surface area contributed by atoms with Crippen molar-refractivity contribution in [3.05, 3.63) is 35.9 Å². The van der Waals surface area contributed by atoms with Crippen LogP contribution in [0, 0.1) is 0 Å². The number of carbonyl (C=O) groups excluding carboxylic acids is 3. The van der Waals surface area contributed by atoms with Crippen LogP contribution in [-0.2, 0) is 35.4 Å². The maximum absolute atomic E-state index is 12.0.